The minimum atomic E-state index is 0.377. The highest BCUT2D eigenvalue weighted by Gasteiger charge is 2.54. The van der Waals surface area contributed by atoms with Crippen LogP contribution in [-0.4, -0.2) is 30.2 Å². The summed E-state index contributed by atoms with van der Waals surface area (Å²) in [6.45, 7) is 1.76. The van der Waals surface area contributed by atoms with Gasteiger partial charge in [0.15, 0.2) is 0 Å². The molecular formula is C15H25BrO2. The Morgan fingerprint density at radius 1 is 1.11 bits per heavy atom. The van der Waals surface area contributed by atoms with E-state index in [2.05, 4.69) is 15.9 Å². The first-order valence-corrected chi connectivity index (χ1v) is 8.60. The maximum absolute atomic E-state index is 6.23. The zero-order valence-electron chi connectivity index (χ0n) is 11.2. The molecule has 18 heavy (non-hydrogen) atoms. The molecule has 3 heteroatoms. The molecule has 2 aliphatic carbocycles. The van der Waals surface area contributed by atoms with Crippen LogP contribution in [0.1, 0.15) is 57.8 Å². The molecule has 0 aromatic carbocycles. The standard InChI is InChI=1S/C15H25BrO2/c16-13-10-14(18-11-12-6-5-9-17-12)15(13)7-3-1-2-4-8-15/h12-14H,1-11H2. The van der Waals surface area contributed by atoms with Crippen LogP contribution in [0, 0.1) is 5.41 Å². The summed E-state index contributed by atoms with van der Waals surface area (Å²) in [6, 6.07) is 0. The molecule has 3 unspecified atom stereocenters. The Hall–Kier alpha value is 0.400. The van der Waals surface area contributed by atoms with E-state index < -0.39 is 0 Å². The number of hydrogen-bond donors (Lipinski definition) is 0. The first-order chi connectivity index (χ1) is 8.81. The van der Waals surface area contributed by atoms with Crippen LogP contribution in [0.25, 0.3) is 0 Å². The fourth-order valence-corrected chi connectivity index (χ4v) is 5.05. The Bertz CT molecular complexity index is 268. The van der Waals surface area contributed by atoms with Crippen molar-refractivity contribution < 1.29 is 9.47 Å². The van der Waals surface area contributed by atoms with Crippen LogP contribution in [0.3, 0.4) is 0 Å². The van der Waals surface area contributed by atoms with Crippen molar-refractivity contribution in [3.05, 3.63) is 0 Å². The maximum Gasteiger partial charge on any atom is 0.0809 e. The average molecular weight is 317 g/mol. The van der Waals surface area contributed by atoms with Gasteiger partial charge in [0.2, 0.25) is 0 Å². The summed E-state index contributed by atoms with van der Waals surface area (Å²) in [5.74, 6) is 0. The lowest BCUT2D eigenvalue weighted by atomic mass is 9.61. The zero-order chi connectivity index (χ0) is 12.4. The van der Waals surface area contributed by atoms with Crippen molar-refractivity contribution in [2.24, 2.45) is 5.41 Å². The third-order valence-electron chi connectivity index (χ3n) is 5.23. The first-order valence-electron chi connectivity index (χ1n) is 7.68. The van der Waals surface area contributed by atoms with Crippen molar-refractivity contribution in [3.63, 3.8) is 0 Å². The van der Waals surface area contributed by atoms with Gasteiger partial charge in [-0.3, -0.25) is 0 Å². The summed E-state index contributed by atoms with van der Waals surface area (Å²) in [4.78, 5) is 0.692. The molecule has 1 heterocycles. The van der Waals surface area contributed by atoms with Gasteiger partial charge < -0.3 is 9.47 Å². The lowest BCUT2D eigenvalue weighted by molar-refractivity contribution is -0.131. The number of halogens is 1. The second kappa shape index (κ2) is 5.80. The van der Waals surface area contributed by atoms with Crippen molar-refractivity contribution in [2.45, 2.75) is 74.8 Å². The van der Waals surface area contributed by atoms with Crippen LogP contribution in [0.15, 0.2) is 0 Å². The van der Waals surface area contributed by atoms with E-state index in [0.29, 0.717) is 22.5 Å². The fraction of sp³-hybridized carbons (Fsp3) is 1.00. The van der Waals surface area contributed by atoms with E-state index in [1.165, 1.54) is 57.8 Å². The van der Waals surface area contributed by atoms with Crippen molar-refractivity contribution in [1.82, 2.24) is 0 Å². The minimum absolute atomic E-state index is 0.377. The molecule has 0 radical (unpaired) electrons. The van der Waals surface area contributed by atoms with Crippen LogP contribution in [0.4, 0.5) is 0 Å². The molecule has 0 N–H and O–H groups in total. The van der Waals surface area contributed by atoms with Gasteiger partial charge in [-0.25, -0.2) is 0 Å². The highest BCUT2D eigenvalue weighted by atomic mass is 79.9. The molecule has 3 atom stereocenters. The molecule has 3 fully saturated rings. The molecule has 3 aliphatic rings. The van der Waals surface area contributed by atoms with Crippen LogP contribution in [0.5, 0.6) is 0 Å². The summed E-state index contributed by atoms with van der Waals surface area (Å²) in [6.07, 6.45) is 12.8. The van der Waals surface area contributed by atoms with E-state index in [1.54, 1.807) is 0 Å². The average Bonchev–Trinajstić information content (AvgIpc) is 2.75. The second-order valence-corrected chi connectivity index (χ2v) is 7.41. The predicted molar refractivity (Wildman–Crippen MR) is 76.2 cm³/mol. The fourth-order valence-electron chi connectivity index (χ4n) is 3.95. The third kappa shape index (κ3) is 2.51. The number of rotatable bonds is 3. The first kappa shape index (κ1) is 13.4. The smallest absolute Gasteiger partial charge is 0.0809 e. The van der Waals surface area contributed by atoms with Crippen LogP contribution >= 0.6 is 15.9 Å². The van der Waals surface area contributed by atoms with Crippen molar-refractivity contribution in [2.75, 3.05) is 13.2 Å². The van der Waals surface area contributed by atoms with Gasteiger partial charge in [0.1, 0.15) is 0 Å². The molecular weight excluding hydrogens is 292 g/mol. The predicted octanol–water partition coefficient (Wildman–Crippen LogP) is 4.06. The van der Waals surface area contributed by atoms with Gasteiger partial charge in [-0.1, -0.05) is 41.6 Å². The molecule has 2 saturated carbocycles. The largest absolute Gasteiger partial charge is 0.376 e. The van der Waals surface area contributed by atoms with E-state index in [9.17, 15) is 0 Å². The molecule has 0 aromatic rings. The van der Waals surface area contributed by atoms with Crippen LogP contribution in [0.2, 0.25) is 0 Å². The normalized spacial score (nSPS) is 39.5. The number of alkyl halides is 1. The molecule has 1 aliphatic heterocycles. The van der Waals surface area contributed by atoms with Gasteiger partial charge >= 0.3 is 0 Å². The van der Waals surface area contributed by atoms with E-state index in [1.807, 2.05) is 0 Å². The van der Waals surface area contributed by atoms with E-state index in [0.717, 1.165) is 13.2 Å². The van der Waals surface area contributed by atoms with Crippen molar-refractivity contribution >= 4 is 15.9 Å². The molecule has 1 saturated heterocycles. The lowest BCUT2D eigenvalue weighted by Crippen LogP contribution is -2.55. The molecule has 3 rings (SSSR count). The highest BCUT2D eigenvalue weighted by molar-refractivity contribution is 9.09. The molecule has 0 bridgehead atoms. The van der Waals surface area contributed by atoms with Gasteiger partial charge in [0.05, 0.1) is 18.8 Å². The molecule has 104 valence electrons. The second-order valence-electron chi connectivity index (χ2n) is 6.31. The van der Waals surface area contributed by atoms with Gasteiger partial charge in [0, 0.05) is 16.8 Å². The Kier molecular flexibility index (Phi) is 4.32. The summed E-state index contributed by atoms with van der Waals surface area (Å²) in [7, 11) is 0. The zero-order valence-corrected chi connectivity index (χ0v) is 12.8. The van der Waals surface area contributed by atoms with Crippen molar-refractivity contribution in [3.8, 4) is 0 Å². The molecule has 1 spiro atoms. The Morgan fingerprint density at radius 2 is 1.89 bits per heavy atom. The Morgan fingerprint density at radius 3 is 2.50 bits per heavy atom. The van der Waals surface area contributed by atoms with E-state index in [-0.39, 0.29) is 0 Å². The number of hydrogen-bond acceptors (Lipinski definition) is 2. The van der Waals surface area contributed by atoms with E-state index in [4.69, 9.17) is 9.47 Å². The molecule has 0 amide bonds. The molecule has 2 nitrogen and oxygen atoms in total. The maximum atomic E-state index is 6.23. The lowest BCUT2D eigenvalue weighted by Gasteiger charge is -2.53. The van der Waals surface area contributed by atoms with Gasteiger partial charge in [-0.15, -0.1) is 0 Å². The summed E-state index contributed by atoms with van der Waals surface area (Å²) < 4.78 is 11.9. The van der Waals surface area contributed by atoms with Gasteiger partial charge in [-0.2, -0.15) is 0 Å². The Balaban J connectivity index is 1.54. The molecule has 0 aromatic heterocycles. The van der Waals surface area contributed by atoms with Crippen molar-refractivity contribution in [1.29, 1.82) is 0 Å². The Labute approximate surface area is 119 Å². The SMILES string of the molecule is BrC1CC(OCC2CCCO2)C12CCCCCC2. The topological polar surface area (TPSA) is 18.5 Å². The highest BCUT2D eigenvalue weighted by Crippen LogP contribution is 2.55. The summed E-state index contributed by atoms with van der Waals surface area (Å²) in [5.41, 5.74) is 0.453. The van der Waals surface area contributed by atoms with Crippen LogP contribution in [-0.2, 0) is 9.47 Å². The quantitative estimate of drug-likeness (QED) is 0.731. The van der Waals surface area contributed by atoms with Gasteiger partial charge in [0.25, 0.3) is 0 Å². The monoisotopic (exact) mass is 316 g/mol. The number of ether oxygens (including phenoxy) is 2. The minimum Gasteiger partial charge on any atom is -0.376 e. The van der Waals surface area contributed by atoms with Gasteiger partial charge in [-0.05, 0) is 32.1 Å². The summed E-state index contributed by atoms with van der Waals surface area (Å²) in [5, 5.41) is 0. The third-order valence-corrected chi connectivity index (χ3v) is 6.51. The van der Waals surface area contributed by atoms with E-state index >= 15 is 0 Å². The summed E-state index contributed by atoms with van der Waals surface area (Å²) >= 11 is 3.90. The van der Waals surface area contributed by atoms with Crippen LogP contribution < -0.4 is 0 Å².